The third kappa shape index (κ3) is 5.47. The van der Waals surface area contributed by atoms with E-state index in [9.17, 15) is 0 Å². The number of hydrogen-bond acceptors (Lipinski definition) is 4. The summed E-state index contributed by atoms with van der Waals surface area (Å²) in [5.41, 5.74) is 0. The molecule has 108 valence electrons. The molecule has 0 radical (unpaired) electrons. The average molecular weight is 419 g/mol. The molecule has 1 rings (SSSR count). The summed E-state index contributed by atoms with van der Waals surface area (Å²) < 4.78 is 22.6. The standard InChI is InChI=1S/C12H15Br2ClO4/c1-16-7-19-9(5-15)6-18-12-10(13)3-8(17-2)4-11(12)14/h3-4,9H,5-7H2,1-2H3. The van der Waals surface area contributed by atoms with Crippen LogP contribution in [-0.2, 0) is 9.47 Å². The van der Waals surface area contributed by atoms with Crippen molar-refractivity contribution in [3.05, 3.63) is 21.1 Å². The Kier molecular flexibility index (Phi) is 8.09. The minimum atomic E-state index is -0.234. The second-order valence-corrected chi connectivity index (χ2v) is 5.60. The van der Waals surface area contributed by atoms with Gasteiger partial charge in [0.05, 0.1) is 21.9 Å². The van der Waals surface area contributed by atoms with Crippen LogP contribution in [0.4, 0.5) is 0 Å². The van der Waals surface area contributed by atoms with Crippen LogP contribution in [0.1, 0.15) is 0 Å². The second kappa shape index (κ2) is 9.02. The van der Waals surface area contributed by atoms with Gasteiger partial charge in [-0.05, 0) is 44.0 Å². The number of methoxy groups -OCH3 is 2. The van der Waals surface area contributed by atoms with Gasteiger partial charge in [-0.1, -0.05) is 0 Å². The Hall–Kier alpha value is -0.0100. The molecule has 0 aliphatic heterocycles. The fraction of sp³-hybridized carbons (Fsp3) is 0.500. The molecule has 19 heavy (non-hydrogen) atoms. The molecule has 0 amide bonds. The van der Waals surface area contributed by atoms with Crippen LogP contribution in [0.5, 0.6) is 11.5 Å². The highest BCUT2D eigenvalue weighted by atomic mass is 79.9. The van der Waals surface area contributed by atoms with Crippen molar-refractivity contribution in [3.63, 3.8) is 0 Å². The third-order valence-electron chi connectivity index (χ3n) is 2.21. The normalized spacial score (nSPS) is 12.3. The van der Waals surface area contributed by atoms with E-state index < -0.39 is 0 Å². The third-order valence-corrected chi connectivity index (χ3v) is 3.74. The van der Waals surface area contributed by atoms with Gasteiger partial charge in [0.1, 0.15) is 31.0 Å². The fourth-order valence-electron chi connectivity index (χ4n) is 1.27. The fourth-order valence-corrected chi connectivity index (χ4v) is 2.82. The lowest BCUT2D eigenvalue weighted by Crippen LogP contribution is -2.24. The number of rotatable bonds is 8. The maximum absolute atomic E-state index is 5.79. The molecule has 0 saturated carbocycles. The Bertz CT molecular complexity index is 380. The maximum Gasteiger partial charge on any atom is 0.148 e. The van der Waals surface area contributed by atoms with Crippen molar-refractivity contribution in [1.29, 1.82) is 0 Å². The van der Waals surface area contributed by atoms with E-state index in [-0.39, 0.29) is 12.9 Å². The Balaban J connectivity index is 2.66. The highest BCUT2D eigenvalue weighted by molar-refractivity contribution is 9.11. The van der Waals surface area contributed by atoms with Gasteiger partial charge < -0.3 is 18.9 Å². The first-order valence-electron chi connectivity index (χ1n) is 5.44. The van der Waals surface area contributed by atoms with Gasteiger partial charge in [0, 0.05) is 7.11 Å². The summed E-state index contributed by atoms with van der Waals surface area (Å²) in [5.74, 6) is 1.74. The van der Waals surface area contributed by atoms with Crippen LogP contribution in [-0.4, -0.2) is 39.6 Å². The Morgan fingerprint density at radius 2 is 1.84 bits per heavy atom. The summed E-state index contributed by atoms with van der Waals surface area (Å²) in [4.78, 5) is 0. The van der Waals surface area contributed by atoms with Gasteiger partial charge in [-0.2, -0.15) is 0 Å². The quantitative estimate of drug-likeness (QED) is 0.475. The molecule has 0 N–H and O–H groups in total. The van der Waals surface area contributed by atoms with Crippen molar-refractivity contribution in [2.24, 2.45) is 0 Å². The molecule has 1 aromatic carbocycles. The van der Waals surface area contributed by atoms with Gasteiger partial charge in [-0.25, -0.2) is 0 Å². The predicted octanol–water partition coefficient (Wildman–Crippen LogP) is 3.83. The van der Waals surface area contributed by atoms with Crippen LogP contribution in [0.25, 0.3) is 0 Å². The van der Waals surface area contributed by atoms with Crippen LogP contribution < -0.4 is 9.47 Å². The summed E-state index contributed by atoms with van der Waals surface area (Å²) in [6.07, 6.45) is -0.234. The van der Waals surface area contributed by atoms with Gasteiger partial charge in [0.2, 0.25) is 0 Å². The van der Waals surface area contributed by atoms with E-state index in [1.54, 1.807) is 14.2 Å². The number of benzene rings is 1. The molecule has 0 heterocycles. The zero-order valence-electron chi connectivity index (χ0n) is 10.6. The Labute approximate surface area is 134 Å². The molecular weight excluding hydrogens is 403 g/mol. The summed E-state index contributed by atoms with van der Waals surface area (Å²) in [6.45, 7) is 0.516. The zero-order chi connectivity index (χ0) is 14.3. The maximum atomic E-state index is 5.79. The molecular formula is C12H15Br2ClO4. The van der Waals surface area contributed by atoms with Crippen molar-refractivity contribution >= 4 is 43.5 Å². The number of hydrogen-bond donors (Lipinski definition) is 0. The molecule has 4 nitrogen and oxygen atoms in total. The first-order valence-corrected chi connectivity index (χ1v) is 7.56. The Morgan fingerprint density at radius 3 is 2.32 bits per heavy atom. The number of halogens is 3. The lowest BCUT2D eigenvalue weighted by atomic mass is 10.3. The van der Waals surface area contributed by atoms with E-state index >= 15 is 0 Å². The van der Waals surface area contributed by atoms with Gasteiger partial charge in [0.15, 0.2) is 0 Å². The topological polar surface area (TPSA) is 36.9 Å². The molecule has 0 spiro atoms. The summed E-state index contributed by atoms with van der Waals surface area (Å²) in [5, 5.41) is 0. The van der Waals surface area contributed by atoms with Crippen molar-refractivity contribution in [2.75, 3.05) is 33.5 Å². The monoisotopic (exact) mass is 416 g/mol. The van der Waals surface area contributed by atoms with Crippen LogP contribution in [0, 0.1) is 0 Å². The number of ether oxygens (including phenoxy) is 4. The van der Waals surface area contributed by atoms with Gasteiger partial charge in [-0.15, -0.1) is 11.6 Å². The average Bonchev–Trinajstić information content (AvgIpc) is 2.40. The summed E-state index contributed by atoms with van der Waals surface area (Å²) in [6, 6.07) is 3.65. The van der Waals surface area contributed by atoms with E-state index in [1.165, 1.54) is 0 Å². The highest BCUT2D eigenvalue weighted by Crippen LogP contribution is 2.37. The van der Waals surface area contributed by atoms with Crippen molar-refractivity contribution in [3.8, 4) is 11.5 Å². The molecule has 0 aromatic heterocycles. The zero-order valence-corrected chi connectivity index (χ0v) is 14.5. The van der Waals surface area contributed by atoms with E-state index in [4.69, 9.17) is 30.5 Å². The van der Waals surface area contributed by atoms with E-state index in [1.807, 2.05) is 12.1 Å². The van der Waals surface area contributed by atoms with E-state index in [2.05, 4.69) is 31.9 Å². The highest BCUT2D eigenvalue weighted by Gasteiger charge is 2.13. The minimum absolute atomic E-state index is 0.186. The molecule has 1 unspecified atom stereocenters. The molecule has 0 fully saturated rings. The molecule has 0 aliphatic carbocycles. The molecule has 0 saturated heterocycles. The summed E-state index contributed by atoms with van der Waals surface area (Å²) in [7, 11) is 3.17. The van der Waals surface area contributed by atoms with Crippen LogP contribution in [0.15, 0.2) is 21.1 Å². The molecule has 7 heteroatoms. The largest absolute Gasteiger partial charge is 0.497 e. The first kappa shape index (κ1) is 17.0. The van der Waals surface area contributed by atoms with E-state index in [0.29, 0.717) is 18.2 Å². The van der Waals surface area contributed by atoms with Crippen LogP contribution >= 0.6 is 43.5 Å². The summed E-state index contributed by atoms with van der Waals surface area (Å²) >= 11 is 12.7. The molecule has 1 aromatic rings. The second-order valence-electron chi connectivity index (χ2n) is 3.58. The lowest BCUT2D eigenvalue weighted by molar-refractivity contribution is -0.0755. The SMILES string of the molecule is COCOC(CCl)COc1c(Br)cc(OC)cc1Br. The van der Waals surface area contributed by atoms with Gasteiger partial charge >= 0.3 is 0 Å². The van der Waals surface area contributed by atoms with Gasteiger partial charge in [-0.3, -0.25) is 0 Å². The van der Waals surface area contributed by atoms with Gasteiger partial charge in [0.25, 0.3) is 0 Å². The molecule has 0 aliphatic rings. The number of alkyl halides is 1. The molecule has 1 atom stereocenters. The van der Waals surface area contributed by atoms with E-state index in [0.717, 1.165) is 14.7 Å². The van der Waals surface area contributed by atoms with Crippen molar-refractivity contribution < 1.29 is 18.9 Å². The smallest absolute Gasteiger partial charge is 0.148 e. The molecule has 0 bridgehead atoms. The Morgan fingerprint density at radius 1 is 1.21 bits per heavy atom. The lowest BCUT2D eigenvalue weighted by Gasteiger charge is -2.17. The van der Waals surface area contributed by atoms with Crippen molar-refractivity contribution in [2.45, 2.75) is 6.10 Å². The minimum Gasteiger partial charge on any atom is -0.497 e. The predicted molar refractivity (Wildman–Crippen MR) is 81.4 cm³/mol. The first-order chi connectivity index (χ1) is 9.12. The van der Waals surface area contributed by atoms with Crippen LogP contribution in [0.3, 0.4) is 0 Å². The van der Waals surface area contributed by atoms with Crippen molar-refractivity contribution in [1.82, 2.24) is 0 Å². The van der Waals surface area contributed by atoms with Crippen LogP contribution in [0.2, 0.25) is 0 Å².